The second-order valence-corrected chi connectivity index (χ2v) is 7.76. The highest BCUT2D eigenvalue weighted by molar-refractivity contribution is 6.49. The first-order chi connectivity index (χ1) is 11.8. The molecule has 0 amide bonds. The quantitative estimate of drug-likeness (QED) is 0.768. The van der Waals surface area contributed by atoms with Crippen LogP contribution in [0, 0.1) is 17.8 Å². The molecule has 0 bridgehead atoms. The van der Waals surface area contributed by atoms with Gasteiger partial charge in [0.15, 0.2) is 0 Å². The Balaban J connectivity index is 1.59. The third-order valence-corrected chi connectivity index (χ3v) is 6.50. The van der Waals surface area contributed by atoms with Crippen molar-refractivity contribution in [3.05, 3.63) is 64.9 Å². The van der Waals surface area contributed by atoms with Gasteiger partial charge < -0.3 is 9.72 Å². The highest BCUT2D eigenvalue weighted by Crippen LogP contribution is 2.58. The molecule has 1 N–H and O–H groups in total. The van der Waals surface area contributed by atoms with Crippen molar-refractivity contribution in [1.29, 1.82) is 0 Å². The summed E-state index contributed by atoms with van der Waals surface area (Å²) in [5, 5.41) is 2.17. The number of nitrogens with one attached hydrogen (secondary N) is 1. The molecule has 1 saturated heterocycles. The summed E-state index contributed by atoms with van der Waals surface area (Å²) in [6, 6.07) is 6.49. The average Bonchev–Trinajstić information content (AvgIpc) is 3.15. The van der Waals surface area contributed by atoms with E-state index < -0.39 is 0 Å². The van der Waals surface area contributed by atoms with Gasteiger partial charge in [0.2, 0.25) is 0 Å². The highest BCUT2D eigenvalue weighted by atomic mass is 35.5. The molecule has 2 aromatic rings. The van der Waals surface area contributed by atoms with Gasteiger partial charge >= 0.3 is 0 Å². The molecular formula is C21H18ClNO. The van der Waals surface area contributed by atoms with Gasteiger partial charge in [-0.05, 0) is 23.6 Å². The Labute approximate surface area is 145 Å². The van der Waals surface area contributed by atoms with Crippen LogP contribution in [0.15, 0.2) is 48.1 Å². The van der Waals surface area contributed by atoms with Crippen molar-refractivity contribution in [1.82, 2.24) is 4.98 Å². The van der Waals surface area contributed by atoms with Crippen LogP contribution in [0.1, 0.15) is 29.8 Å². The Kier molecular flexibility index (Phi) is 2.50. The fourth-order valence-corrected chi connectivity index (χ4v) is 5.29. The Bertz CT molecular complexity index is 979. The van der Waals surface area contributed by atoms with Gasteiger partial charge in [-0.25, -0.2) is 0 Å². The number of aryl methyl sites for hydroxylation is 1. The van der Waals surface area contributed by atoms with E-state index in [1.165, 1.54) is 27.6 Å². The van der Waals surface area contributed by atoms with Crippen molar-refractivity contribution >= 4 is 27.5 Å². The minimum atomic E-state index is 0.108. The van der Waals surface area contributed by atoms with E-state index in [9.17, 15) is 0 Å². The Hall–Kier alpha value is -1.77. The van der Waals surface area contributed by atoms with Crippen LogP contribution in [0.25, 0.3) is 15.9 Å². The number of halogens is 1. The van der Waals surface area contributed by atoms with Crippen LogP contribution in [0.2, 0.25) is 0 Å². The van der Waals surface area contributed by atoms with Crippen molar-refractivity contribution in [3.8, 4) is 0 Å². The summed E-state index contributed by atoms with van der Waals surface area (Å²) < 4.78 is 6.64. The molecule has 0 spiro atoms. The van der Waals surface area contributed by atoms with Gasteiger partial charge in [-0.3, -0.25) is 0 Å². The SMILES string of the molecule is CCc1cccc2[nH]c3c(c12)C1O[C@@H]2C(C=CC4=C[C@@H]42)C1C=C3Cl. The van der Waals surface area contributed by atoms with E-state index >= 15 is 0 Å². The first-order valence-electron chi connectivity index (χ1n) is 8.83. The predicted molar refractivity (Wildman–Crippen MR) is 96.8 cm³/mol. The number of aromatic nitrogens is 1. The van der Waals surface area contributed by atoms with Crippen LogP contribution in [0.5, 0.6) is 0 Å². The summed E-state index contributed by atoms with van der Waals surface area (Å²) in [6.07, 6.45) is 10.6. The first kappa shape index (κ1) is 13.5. The molecule has 3 unspecified atom stereocenters. The Morgan fingerprint density at radius 1 is 1.21 bits per heavy atom. The van der Waals surface area contributed by atoms with Crippen molar-refractivity contribution in [2.75, 3.05) is 0 Å². The van der Waals surface area contributed by atoms with E-state index in [0.717, 1.165) is 17.1 Å². The third kappa shape index (κ3) is 1.56. The van der Waals surface area contributed by atoms with Gasteiger partial charge in [0.05, 0.1) is 22.9 Å². The van der Waals surface area contributed by atoms with E-state index in [-0.39, 0.29) is 12.2 Å². The van der Waals surface area contributed by atoms with Crippen LogP contribution < -0.4 is 0 Å². The molecule has 4 aliphatic rings. The van der Waals surface area contributed by atoms with Gasteiger partial charge in [-0.15, -0.1) is 0 Å². The standard InChI is InChI=1S/C21H18ClNO/c1-2-10-4-3-5-16-17(10)18-19(23-16)15(22)9-14-12-7-6-11-8-13(11)20(12)24-21(14)18/h3-9,12-14,20-21,23H,2H2,1H3/t12?,13-,14?,20+,21?/m0/s1. The minimum absolute atomic E-state index is 0.108. The lowest BCUT2D eigenvalue weighted by Gasteiger charge is -2.25. The molecule has 6 rings (SSSR count). The van der Waals surface area contributed by atoms with Gasteiger partial charge in [-0.2, -0.15) is 0 Å². The van der Waals surface area contributed by atoms with Crippen molar-refractivity contribution < 1.29 is 4.74 Å². The number of hydrogen-bond acceptors (Lipinski definition) is 1. The summed E-state index contributed by atoms with van der Waals surface area (Å²) in [5.74, 6) is 1.30. The molecule has 3 aliphatic carbocycles. The van der Waals surface area contributed by atoms with E-state index in [1.807, 2.05) is 0 Å². The fourth-order valence-electron chi connectivity index (χ4n) is 4.99. The Morgan fingerprint density at radius 2 is 2.12 bits per heavy atom. The zero-order chi connectivity index (χ0) is 16.0. The number of fused-ring (bicyclic) bond motifs is 9. The molecular weight excluding hydrogens is 318 g/mol. The lowest BCUT2D eigenvalue weighted by molar-refractivity contribution is 0.0243. The largest absolute Gasteiger partial charge is 0.368 e. The molecule has 1 aromatic heterocycles. The van der Waals surface area contributed by atoms with E-state index in [4.69, 9.17) is 16.3 Å². The smallest absolute Gasteiger partial charge is 0.0926 e. The molecule has 1 aliphatic heterocycles. The minimum Gasteiger partial charge on any atom is -0.368 e. The molecule has 0 saturated carbocycles. The van der Waals surface area contributed by atoms with Crippen LogP contribution in [-0.2, 0) is 11.2 Å². The summed E-state index contributed by atoms with van der Waals surface area (Å²) in [4.78, 5) is 3.54. The molecule has 24 heavy (non-hydrogen) atoms. The number of allylic oxidation sites excluding steroid dienone is 1. The maximum atomic E-state index is 6.70. The zero-order valence-corrected chi connectivity index (χ0v) is 14.2. The van der Waals surface area contributed by atoms with Gasteiger partial charge in [0.1, 0.15) is 0 Å². The molecule has 3 heteroatoms. The third-order valence-electron chi connectivity index (χ3n) is 6.18. The monoisotopic (exact) mass is 335 g/mol. The highest BCUT2D eigenvalue weighted by Gasteiger charge is 2.53. The van der Waals surface area contributed by atoms with Gasteiger partial charge in [0.25, 0.3) is 0 Å². The summed E-state index contributed by atoms with van der Waals surface area (Å²) in [7, 11) is 0. The number of H-pyrrole nitrogens is 1. The van der Waals surface area contributed by atoms with Crippen LogP contribution >= 0.6 is 11.6 Å². The van der Waals surface area contributed by atoms with Crippen LogP contribution in [0.4, 0.5) is 0 Å². The zero-order valence-electron chi connectivity index (χ0n) is 13.4. The van der Waals surface area contributed by atoms with Gasteiger partial charge in [0, 0.05) is 34.2 Å². The molecule has 0 radical (unpaired) electrons. The van der Waals surface area contributed by atoms with E-state index in [0.29, 0.717) is 17.8 Å². The van der Waals surface area contributed by atoms with Crippen molar-refractivity contribution in [3.63, 3.8) is 0 Å². The maximum absolute atomic E-state index is 6.70. The molecule has 1 fully saturated rings. The first-order valence-corrected chi connectivity index (χ1v) is 9.20. The van der Waals surface area contributed by atoms with Crippen molar-refractivity contribution in [2.24, 2.45) is 17.8 Å². The van der Waals surface area contributed by atoms with E-state index in [1.54, 1.807) is 0 Å². The van der Waals surface area contributed by atoms with Crippen LogP contribution in [-0.4, -0.2) is 11.1 Å². The number of aromatic amines is 1. The molecule has 2 heterocycles. The second-order valence-electron chi connectivity index (χ2n) is 7.35. The summed E-state index contributed by atoms with van der Waals surface area (Å²) >= 11 is 6.70. The molecule has 5 atom stereocenters. The molecule has 120 valence electrons. The van der Waals surface area contributed by atoms with Gasteiger partial charge in [-0.1, -0.05) is 55.0 Å². The fraction of sp³-hybridized carbons (Fsp3) is 0.333. The van der Waals surface area contributed by atoms with Crippen molar-refractivity contribution in [2.45, 2.75) is 25.6 Å². The summed E-state index contributed by atoms with van der Waals surface area (Å²) in [6.45, 7) is 2.21. The lowest BCUT2D eigenvalue weighted by atomic mass is 9.77. The number of hydrogen-bond donors (Lipinski definition) is 1. The average molecular weight is 336 g/mol. The lowest BCUT2D eigenvalue weighted by Crippen LogP contribution is -2.23. The summed E-state index contributed by atoms with van der Waals surface area (Å²) in [5.41, 5.74) is 6.32. The predicted octanol–water partition coefficient (Wildman–Crippen LogP) is 5.12. The topological polar surface area (TPSA) is 25.0 Å². The Morgan fingerprint density at radius 3 is 3.00 bits per heavy atom. The maximum Gasteiger partial charge on any atom is 0.0926 e. The number of benzene rings is 1. The second kappa shape index (κ2) is 4.44. The molecule has 1 aromatic carbocycles. The number of rotatable bonds is 1. The molecule has 2 nitrogen and oxygen atoms in total. The van der Waals surface area contributed by atoms with Crippen LogP contribution in [0.3, 0.4) is 0 Å². The normalized spacial score (nSPS) is 35.0. The van der Waals surface area contributed by atoms with E-state index in [2.05, 4.69) is 54.4 Å². The number of ether oxygens (including phenoxy) is 1.